The van der Waals surface area contributed by atoms with Gasteiger partial charge < -0.3 is 24.7 Å². The predicted octanol–water partition coefficient (Wildman–Crippen LogP) is 1.79. The number of rotatable bonds is 6. The molecule has 1 aromatic rings. The fraction of sp³-hybridized carbons (Fsp3) is 0.500. The number of aliphatic carboxylic acids is 1. The number of ether oxygens (including phenoxy) is 2. The fourth-order valence-electron chi connectivity index (χ4n) is 1.83. The van der Waals surface area contributed by atoms with Gasteiger partial charge in [0, 0.05) is 12.4 Å². The van der Waals surface area contributed by atoms with E-state index in [1.807, 2.05) is 6.92 Å². The summed E-state index contributed by atoms with van der Waals surface area (Å²) in [4.78, 5) is 22.7. The topological polar surface area (TPSA) is 87.7 Å². The van der Waals surface area contributed by atoms with Gasteiger partial charge in [0.25, 0.3) is 0 Å². The van der Waals surface area contributed by atoms with Crippen LogP contribution in [-0.2, 0) is 9.53 Å². The summed E-state index contributed by atoms with van der Waals surface area (Å²) in [6.07, 6.45) is -1.01. The first-order chi connectivity index (χ1) is 10.2. The second-order valence-electron chi connectivity index (χ2n) is 5.78. The minimum Gasteiger partial charge on any atom is -0.550 e. The van der Waals surface area contributed by atoms with Crippen molar-refractivity contribution in [2.75, 3.05) is 6.61 Å². The first-order valence-electron chi connectivity index (χ1n) is 7.13. The molecule has 0 aliphatic heterocycles. The third-order valence-corrected chi connectivity index (χ3v) is 2.66. The molecule has 6 heteroatoms. The normalized spacial score (nSPS) is 12.4. The number of alkyl carbamates (subject to hydrolysis) is 1. The highest BCUT2D eigenvalue weighted by atomic mass is 16.6. The van der Waals surface area contributed by atoms with E-state index in [9.17, 15) is 14.7 Å². The van der Waals surface area contributed by atoms with Gasteiger partial charge >= 0.3 is 6.09 Å². The number of carbonyl (C=O) groups is 2. The molecule has 0 bridgehead atoms. The van der Waals surface area contributed by atoms with Gasteiger partial charge in [-0.15, -0.1) is 0 Å². The number of amides is 1. The van der Waals surface area contributed by atoms with Gasteiger partial charge in [-0.1, -0.05) is 12.1 Å². The largest absolute Gasteiger partial charge is 0.550 e. The Bertz CT molecular complexity index is 504. The van der Waals surface area contributed by atoms with Crippen LogP contribution in [0, 0.1) is 0 Å². The highest BCUT2D eigenvalue weighted by Gasteiger charge is 2.20. The predicted molar refractivity (Wildman–Crippen MR) is 79.3 cm³/mol. The van der Waals surface area contributed by atoms with Gasteiger partial charge in [-0.05, 0) is 45.4 Å². The maximum absolute atomic E-state index is 11.8. The van der Waals surface area contributed by atoms with Crippen LogP contribution in [0.3, 0.4) is 0 Å². The Morgan fingerprint density at radius 1 is 1.23 bits per heavy atom. The molecule has 1 N–H and O–H groups in total. The zero-order valence-electron chi connectivity index (χ0n) is 13.3. The van der Waals surface area contributed by atoms with E-state index >= 15 is 0 Å². The van der Waals surface area contributed by atoms with Crippen molar-refractivity contribution in [2.24, 2.45) is 0 Å². The summed E-state index contributed by atoms with van der Waals surface area (Å²) in [6.45, 7) is 7.61. The highest BCUT2D eigenvalue weighted by Crippen LogP contribution is 2.21. The molecule has 1 amide bonds. The van der Waals surface area contributed by atoms with E-state index in [4.69, 9.17) is 9.47 Å². The lowest BCUT2D eigenvalue weighted by Gasteiger charge is -2.24. The van der Waals surface area contributed by atoms with Gasteiger partial charge in [0.2, 0.25) is 0 Å². The van der Waals surface area contributed by atoms with Crippen LogP contribution in [0.4, 0.5) is 4.79 Å². The number of nitrogens with one attached hydrogen (secondary N) is 1. The molecule has 0 radical (unpaired) electrons. The average molecular weight is 308 g/mol. The zero-order chi connectivity index (χ0) is 16.8. The summed E-state index contributed by atoms with van der Waals surface area (Å²) < 4.78 is 10.5. The van der Waals surface area contributed by atoms with Crippen molar-refractivity contribution in [3.8, 4) is 5.75 Å². The maximum atomic E-state index is 11.8. The van der Waals surface area contributed by atoms with Crippen molar-refractivity contribution in [2.45, 2.75) is 45.8 Å². The van der Waals surface area contributed by atoms with E-state index in [0.717, 1.165) is 0 Å². The second kappa shape index (κ2) is 7.68. The zero-order valence-corrected chi connectivity index (χ0v) is 13.3. The monoisotopic (exact) mass is 308 g/mol. The van der Waals surface area contributed by atoms with Gasteiger partial charge in [-0.3, -0.25) is 0 Å². The van der Waals surface area contributed by atoms with Crippen molar-refractivity contribution in [1.82, 2.24) is 5.32 Å². The molecular weight excluding hydrogens is 286 g/mol. The van der Waals surface area contributed by atoms with Gasteiger partial charge in [0.05, 0.1) is 12.6 Å². The highest BCUT2D eigenvalue weighted by molar-refractivity contribution is 5.71. The van der Waals surface area contributed by atoms with E-state index in [1.54, 1.807) is 45.0 Å². The first kappa shape index (κ1) is 17.8. The van der Waals surface area contributed by atoms with Crippen LogP contribution < -0.4 is 15.2 Å². The SMILES string of the molecule is CCOc1ccc([C@H](CC(=O)[O-])NC(=O)OC(C)(C)C)cc1. The summed E-state index contributed by atoms with van der Waals surface area (Å²) in [5, 5.41) is 13.4. The third-order valence-electron chi connectivity index (χ3n) is 2.66. The van der Waals surface area contributed by atoms with Gasteiger partial charge in [0.15, 0.2) is 0 Å². The number of hydrogen-bond acceptors (Lipinski definition) is 5. The Balaban J connectivity index is 2.83. The number of carbonyl (C=O) groups excluding carboxylic acids is 2. The summed E-state index contributed by atoms with van der Waals surface area (Å²) in [5.41, 5.74) is -0.0203. The van der Waals surface area contributed by atoms with Crippen molar-refractivity contribution in [3.05, 3.63) is 29.8 Å². The van der Waals surface area contributed by atoms with E-state index in [1.165, 1.54) is 0 Å². The molecule has 22 heavy (non-hydrogen) atoms. The first-order valence-corrected chi connectivity index (χ1v) is 7.13. The second-order valence-corrected chi connectivity index (χ2v) is 5.78. The molecule has 0 aromatic heterocycles. The molecule has 0 saturated heterocycles. The average Bonchev–Trinajstić information content (AvgIpc) is 2.36. The van der Waals surface area contributed by atoms with E-state index in [2.05, 4.69) is 5.32 Å². The van der Waals surface area contributed by atoms with Crippen LogP contribution in [0.1, 0.15) is 45.7 Å². The summed E-state index contributed by atoms with van der Waals surface area (Å²) >= 11 is 0. The summed E-state index contributed by atoms with van der Waals surface area (Å²) in [6, 6.07) is 6.12. The molecule has 0 fully saturated rings. The van der Waals surface area contributed by atoms with Crippen LogP contribution in [0.5, 0.6) is 5.75 Å². The molecule has 0 saturated carbocycles. The number of hydrogen-bond donors (Lipinski definition) is 1. The Hall–Kier alpha value is -2.24. The number of carboxylic acid groups (broad SMARTS) is 1. The van der Waals surface area contributed by atoms with E-state index in [-0.39, 0.29) is 6.42 Å². The Labute approximate surface area is 130 Å². The van der Waals surface area contributed by atoms with E-state index < -0.39 is 23.7 Å². The molecule has 0 aliphatic rings. The molecular formula is C16H22NO5-. The van der Waals surface area contributed by atoms with Gasteiger partial charge in [0.1, 0.15) is 11.4 Å². The Kier molecular flexibility index (Phi) is 6.22. The van der Waals surface area contributed by atoms with Crippen molar-refractivity contribution >= 4 is 12.1 Å². The quantitative estimate of drug-likeness (QED) is 0.865. The maximum Gasteiger partial charge on any atom is 0.408 e. The van der Waals surface area contributed by atoms with Crippen LogP contribution in [0.25, 0.3) is 0 Å². The van der Waals surface area contributed by atoms with Crippen molar-refractivity contribution in [1.29, 1.82) is 0 Å². The van der Waals surface area contributed by atoms with Crippen LogP contribution in [0.15, 0.2) is 24.3 Å². The smallest absolute Gasteiger partial charge is 0.408 e. The van der Waals surface area contributed by atoms with E-state index in [0.29, 0.717) is 17.9 Å². The fourth-order valence-corrected chi connectivity index (χ4v) is 1.83. The molecule has 0 unspecified atom stereocenters. The van der Waals surface area contributed by atoms with Crippen LogP contribution >= 0.6 is 0 Å². The summed E-state index contributed by atoms with van der Waals surface area (Å²) in [5.74, 6) is -0.578. The Morgan fingerprint density at radius 2 is 1.82 bits per heavy atom. The molecule has 6 nitrogen and oxygen atoms in total. The molecule has 1 aromatic carbocycles. The van der Waals surface area contributed by atoms with Gasteiger partial charge in [-0.2, -0.15) is 0 Å². The number of carboxylic acids is 1. The lowest BCUT2D eigenvalue weighted by atomic mass is 10.0. The lowest BCUT2D eigenvalue weighted by Crippen LogP contribution is -2.37. The minimum atomic E-state index is -1.25. The Morgan fingerprint density at radius 3 is 2.27 bits per heavy atom. The molecule has 1 atom stereocenters. The summed E-state index contributed by atoms with van der Waals surface area (Å²) in [7, 11) is 0. The van der Waals surface area contributed by atoms with Crippen molar-refractivity contribution in [3.63, 3.8) is 0 Å². The van der Waals surface area contributed by atoms with Crippen molar-refractivity contribution < 1.29 is 24.2 Å². The minimum absolute atomic E-state index is 0.340. The van der Waals surface area contributed by atoms with Gasteiger partial charge in [-0.25, -0.2) is 4.79 Å². The lowest BCUT2D eigenvalue weighted by molar-refractivity contribution is -0.306. The molecule has 0 heterocycles. The molecule has 0 aliphatic carbocycles. The third kappa shape index (κ3) is 6.47. The standard InChI is InChI=1S/C16H23NO5/c1-5-21-12-8-6-11(7-9-12)13(10-14(18)19)17-15(20)22-16(2,3)4/h6-9,13H,5,10H2,1-4H3,(H,17,20)(H,18,19)/p-1/t13-/m0/s1. The van der Waals surface area contributed by atoms with Crippen LogP contribution in [0.2, 0.25) is 0 Å². The molecule has 1 rings (SSSR count). The molecule has 122 valence electrons. The molecule has 0 spiro atoms. The van der Waals surface area contributed by atoms with Crippen LogP contribution in [-0.4, -0.2) is 24.3 Å². The number of benzene rings is 1.